The molecule has 0 unspecified atom stereocenters. The average molecular weight is 137 g/mol. The fourth-order valence-corrected chi connectivity index (χ4v) is 0.603. The molecule has 0 atom stereocenters. The van der Waals surface area contributed by atoms with Crippen molar-refractivity contribution in [3.05, 3.63) is 37.1 Å². The number of rotatable bonds is 3. The maximum atomic E-state index is 5.01. The van der Waals surface area contributed by atoms with Crippen molar-refractivity contribution < 1.29 is 9.47 Å². The Morgan fingerprint density at radius 3 is 2.50 bits per heavy atom. The maximum absolute atomic E-state index is 5.01. The predicted octanol–water partition coefficient (Wildman–Crippen LogP) is 1.83. The molecule has 0 aliphatic carbocycles. The fraction of sp³-hybridized carbons (Fsp3) is 0.125. The lowest BCUT2D eigenvalue weighted by Crippen LogP contribution is -1.90. The lowest BCUT2D eigenvalue weighted by atomic mass is 10.3. The van der Waals surface area contributed by atoms with E-state index < -0.39 is 0 Å². The molecule has 0 aliphatic heterocycles. The Morgan fingerprint density at radius 2 is 1.90 bits per heavy atom. The van der Waals surface area contributed by atoms with Crippen LogP contribution in [0, 0.1) is 6.79 Å². The predicted molar refractivity (Wildman–Crippen MR) is 38.4 cm³/mol. The first kappa shape index (κ1) is 7.09. The van der Waals surface area contributed by atoms with E-state index in [1.807, 2.05) is 30.3 Å². The lowest BCUT2D eigenvalue weighted by molar-refractivity contribution is 0.135. The summed E-state index contributed by atoms with van der Waals surface area (Å²) in [6, 6.07) is 9.45. The van der Waals surface area contributed by atoms with Gasteiger partial charge in [0.2, 0.25) is 0 Å². The summed E-state index contributed by atoms with van der Waals surface area (Å²) in [5.41, 5.74) is 0. The van der Waals surface area contributed by atoms with E-state index in [1.165, 1.54) is 6.79 Å². The highest BCUT2D eigenvalue weighted by molar-refractivity contribution is 5.21. The van der Waals surface area contributed by atoms with Gasteiger partial charge in [-0.05, 0) is 12.1 Å². The number of benzene rings is 1. The number of methoxy groups -OCH3 is 1. The molecule has 0 heterocycles. The molecule has 0 spiro atoms. The Kier molecular flexibility index (Phi) is 2.77. The molecular formula is C8H9O2. The maximum Gasteiger partial charge on any atom is 0.262 e. The quantitative estimate of drug-likeness (QED) is 0.632. The van der Waals surface area contributed by atoms with Crippen LogP contribution >= 0.6 is 0 Å². The van der Waals surface area contributed by atoms with Crippen LogP contribution in [0.1, 0.15) is 0 Å². The van der Waals surface area contributed by atoms with Gasteiger partial charge in [-0.15, -0.1) is 0 Å². The van der Waals surface area contributed by atoms with Crippen LogP contribution in [0.5, 0.6) is 5.75 Å². The first-order chi connectivity index (χ1) is 4.93. The van der Waals surface area contributed by atoms with Gasteiger partial charge in [-0.2, -0.15) is 0 Å². The first-order valence-electron chi connectivity index (χ1n) is 2.99. The molecule has 0 N–H and O–H groups in total. The molecule has 0 aliphatic rings. The summed E-state index contributed by atoms with van der Waals surface area (Å²) >= 11 is 0. The largest absolute Gasteiger partial charge is 0.458 e. The Bertz CT molecular complexity index is 172. The zero-order valence-corrected chi connectivity index (χ0v) is 5.78. The van der Waals surface area contributed by atoms with E-state index in [1.54, 1.807) is 7.11 Å². The van der Waals surface area contributed by atoms with E-state index in [-0.39, 0.29) is 0 Å². The molecule has 0 bridgehead atoms. The molecule has 1 rings (SSSR count). The zero-order valence-electron chi connectivity index (χ0n) is 5.78. The van der Waals surface area contributed by atoms with Gasteiger partial charge < -0.3 is 9.47 Å². The monoisotopic (exact) mass is 137 g/mol. The highest BCUT2D eigenvalue weighted by Gasteiger charge is 1.87. The van der Waals surface area contributed by atoms with Crippen LogP contribution in [-0.2, 0) is 4.74 Å². The third-order valence-corrected chi connectivity index (χ3v) is 1.02. The minimum Gasteiger partial charge on any atom is -0.458 e. The number of hydrogen-bond acceptors (Lipinski definition) is 2. The highest BCUT2D eigenvalue weighted by Crippen LogP contribution is 2.08. The SMILES string of the molecule is CO[CH]Oc1ccccc1. The van der Waals surface area contributed by atoms with Crippen molar-refractivity contribution in [2.45, 2.75) is 0 Å². The Balaban J connectivity index is 2.43. The van der Waals surface area contributed by atoms with Crippen molar-refractivity contribution in [1.29, 1.82) is 0 Å². The van der Waals surface area contributed by atoms with E-state index in [2.05, 4.69) is 4.74 Å². The van der Waals surface area contributed by atoms with Crippen LogP contribution in [0.3, 0.4) is 0 Å². The molecule has 0 saturated heterocycles. The van der Waals surface area contributed by atoms with Gasteiger partial charge in [0.25, 0.3) is 6.79 Å². The van der Waals surface area contributed by atoms with Gasteiger partial charge in [-0.3, -0.25) is 0 Å². The first-order valence-corrected chi connectivity index (χ1v) is 2.99. The topological polar surface area (TPSA) is 18.5 Å². The molecule has 2 heteroatoms. The minimum atomic E-state index is 0.782. The van der Waals surface area contributed by atoms with Crippen molar-refractivity contribution >= 4 is 0 Å². The third kappa shape index (κ3) is 2.07. The van der Waals surface area contributed by atoms with E-state index in [0.717, 1.165) is 5.75 Å². The highest BCUT2D eigenvalue weighted by atomic mass is 16.7. The second kappa shape index (κ2) is 3.90. The summed E-state index contributed by atoms with van der Waals surface area (Å²) in [7, 11) is 1.54. The molecule has 10 heavy (non-hydrogen) atoms. The Hall–Kier alpha value is -1.02. The van der Waals surface area contributed by atoms with E-state index in [0.29, 0.717) is 0 Å². The third-order valence-electron chi connectivity index (χ3n) is 1.02. The number of para-hydroxylation sites is 1. The summed E-state index contributed by atoms with van der Waals surface area (Å²) in [6.45, 7) is 1.29. The molecule has 0 amide bonds. The van der Waals surface area contributed by atoms with Crippen molar-refractivity contribution in [3.8, 4) is 5.75 Å². The van der Waals surface area contributed by atoms with Crippen LogP contribution < -0.4 is 4.74 Å². The zero-order chi connectivity index (χ0) is 7.23. The molecule has 1 radical (unpaired) electrons. The molecule has 0 fully saturated rings. The van der Waals surface area contributed by atoms with Crippen LogP contribution in [0.15, 0.2) is 30.3 Å². The molecule has 0 aromatic heterocycles. The van der Waals surface area contributed by atoms with E-state index in [9.17, 15) is 0 Å². The molecule has 1 aromatic rings. The number of ether oxygens (including phenoxy) is 2. The smallest absolute Gasteiger partial charge is 0.262 e. The molecule has 53 valence electrons. The normalized spacial score (nSPS) is 9.30. The van der Waals surface area contributed by atoms with Gasteiger partial charge in [0.15, 0.2) is 0 Å². The Morgan fingerprint density at radius 1 is 1.20 bits per heavy atom. The summed E-state index contributed by atoms with van der Waals surface area (Å²) < 4.78 is 9.61. The van der Waals surface area contributed by atoms with Crippen molar-refractivity contribution in [2.75, 3.05) is 7.11 Å². The van der Waals surface area contributed by atoms with Gasteiger partial charge >= 0.3 is 0 Å². The molecule has 2 nitrogen and oxygen atoms in total. The van der Waals surface area contributed by atoms with Gasteiger partial charge in [0.05, 0.1) is 0 Å². The molecule has 1 aromatic carbocycles. The van der Waals surface area contributed by atoms with Crippen molar-refractivity contribution in [2.24, 2.45) is 0 Å². The second-order valence-corrected chi connectivity index (χ2v) is 1.76. The summed E-state index contributed by atoms with van der Waals surface area (Å²) in [5.74, 6) is 0.782. The van der Waals surface area contributed by atoms with Crippen LogP contribution in [0.4, 0.5) is 0 Å². The van der Waals surface area contributed by atoms with E-state index in [4.69, 9.17) is 4.74 Å². The molecular weight excluding hydrogens is 128 g/mol. The molecule has 0 saturated carbocycles. The van der Waals surface area contributed by atoms with Gasteiger partial charge in [-0.25, -0.2) is 0 Å². The van der Waals surface area contributed by atoms with Crippen LogP contribution in [0.25, 0.3) is 0 Å². The van der Waals surface area contributed by atoms with Crippen LogP contribution in [0.2, 0.25) is 0 Å². The second-order valence-electron chi connectivity index (χ2n) is 1.76. The lowest BCUT2D eigenvalue weighted by Gasteiger charge is -2.00. The minimum absolute atomic E-state index is 0.782. The van der Waals surface area contributed by atoms with Crippen molar-refractivity contribution in [3.63, 3.8) is 0 Å². The van der Waals surface area contributed by atoms with Gasteiger partial charge in [0.1, 0.15) is 5.75 Å². The van der Waals surface area contributed by atoms with Gasteiger partial charge in [-0.1, -0.05) is 18.2 Å². The summed E-state index contributed by atoms with van der Waals surface area (Å²) in [4.78, 5) is 0. The average Bonchev–Trinajstić information content (AvgIpc) is 2.03. The standard InChI is InChI=1S/C8H9O2/c1-9-7-10-8-5-3-2-4-6-8/h2-7H,1H3. The van der Waals surface area contributed by atoms with E-state index >= 15 is 0 Å². The fourth-order valence-electron chi connectivity index (χ4n) is 0.603. The van der Waals surface area contributed by atoms with Gasteiger partial charge in [0, 0.05) is 7.11 Å². The van der Waals surface area contributed by atoms with Crippen molar-refractivity contribution in [1.82, 2.24) is 0 Å². The van der Waals surface area contributed by atoms with Crippen LogP contribution in [-0.4, -0.2) is 7.11 Å². The number of hydrogen-bond donors (Lipinski definition) is 0. The summed E-state index contributed by atoms with van der Waals surface area (Å²) in [6.07, 6.45) is 0. The summed E-state index contributed by atoms with van der Waals surface area (Å²) in [5, 5.41) is 0. The Labute approximate surface area is 60.4 Å².